The predicted molar refractivity (Wildman–Crippen MR) is 86.7 cm³/mol. The van der Waals surface area contributed by atoms with Gasteiger partial charge in [0.15, 0.2) is 0 Å². The number of nitrogens with one attached hydrogen (secondary N) is 1. The summed E-state index contributed by atoms with van der Waals surface area (Å²) in [6.45, 7) is 9.19. The molecule has 1 fully saturated rings. The SMILES string of the molecule is CC(C)NC(C)(CCCCN1CCC(N(C)C)C1)C(=O)O. The van der Waals surface area contributed by atoms with E-state index in [1.54, 1.807) is 6.92 Å². The van der Waals surface area contributed by atoms with Crippen molar-refractivity contribution in [1.82, 2.24) is 15.1 Å². The maximum Gasteiger partial charge on any atom is 0.323 e. The molecule has 0 aliphatic carbocycles. The summed E-state index contributed by atoms with van der Waals surface area (Å²) in [5.74, 6) is -0.745. The van der Waals surface area contributed by atoms with E-state index >= 15 is 0 Å². The number of likely N-dealkylation sites (N-methyl/N-ethyl adjacent to an activating group) is 1. The number of likely N-dealkylation sites (tertiary alicyclic amines) is 1. The van der Waals surface area contributed by atoms with Crippen LogP contribution in [0.2, 0.25) is 0 Å². The summed E-state index contributed by atoms with van der Waals surface area (Å²) in [5, 5.41) is 12.6. The fraction of sp³-hybridized carbons (Fsp3) is 0.938. The number of hydrogen-bond acceptors (Lipinski definition) is 4. The van der Waals surface area contributed by atoms with Crippen LogP contribution in [0.3, 0.4) is 0 Å². The Morgan fingerprint density at radius 1 is 1.43 bits per heavy atom. The Balaban J connectivity index is 2.28. The van der Waals surface area contributed by atoms with Crippen LogP contribution in [0.15, 0.2) is 0 Å². The number of hydrogen-bond donors (Lipinski definition) is 2. The van der Waals surface area contributed by atoms with Crippen LogP contribution in [0, 0.1) is 0 Å². The Morgan fingerprint density at radius 2 is 2.10 bits per heavy atom. The highest BCUT2D eigenvalue weighted by Gasteiger charge is 2.32. The summed E-state index contributed by atoms with van der Waals surface area (Å²) in [6.07, 6.45) is 3.95. The van der Waals surface area contributed by atoms with Crippen molar-refractivity contribution in [2.75, 3.05) is 33.7 Å². The fourth-order valence-corrected chi connectivity index (χ4v) is 3.13. The van der Waals surface area contributed by atoms with Gasteiger partial charge in [0.05, 0.1) is 0 Å². The normalized spacial score (nSPS) is 22.9. The smallest absolute Gasteiger partial charge is 0.323 e. The second kappa shape index (κ2) is 8.11. The maximum atomic E-state index is 11.4. The molecule has 1 saturated heterocycles. The van der Waals surface area contributed by atoms with Crippen molar-refractivity contribution < 1.29 is 9.90 Å². The molecule has 0 saturated carbocycles. The Morgan fingerprint density at radius 3 is 2.57 bits per heavy atom. The summed E-state index contributed by atoms with van der Waals surface area (Å²) in [7, 11) is 4.29. The van der Waals surface area contributed by atoms with Crippen molar-refractivity contribution in [3.05, 3.63) is 0 Å². The highest BCUT2D eigenvalue weighted by molar-refractivity contribution is 5.78. The van der Waals surface area contributed by atoms with Crippen molar-refractivity contribution in [3.8, 4) is 0 Å². The van der Waals surface area contributed by atoms with Crippen molar-refractivity contribution in [3.63, 3.8) is 0 Å². The first-order chi connectivity index (χ1) is 9.74. The minimum Gasteiger partial charge on any atom is -0.480 e. The molecule has 0 aromatic rings. The molecule has 1 aliphatic rings. The zero-order chi connectivity index (χ0) is 16.0. The second-order valence-corrected chi connectivity index (χ2v) is 7.10. The van der Waals surface area contributed by atoms with E-state index in [9.17, 15) is 9.90 Å². The van der Waals surface area contributed by atoms with Gasteiger partial charge in [-0.2, -0.15) is 0 Å². The van der Waals surface area contributed by atoms with E-state index in [1.807, 2.05) is 13.8 Å². The molecule has 0 bridgehead atoms. The van der Waals surface area contributed by atoms with Gasteiger partial charge in [0.2, 0.25) is 0 Å². The Kier molecular flexibility index (Phi) is 7.10. The van der Waals surface area contributed by atoms with Gasteiger partial charge in [0, 0.05) is 18.6 Å². The minimum absolute atomic E-state index is 0.186. The lowest BCUT2D eigenvalue weighted by Gasteiger charge is -2.29. The van der Waals surface area contributed by atoms with Crippen molar-refractivity contribution >= 4 is 5.97 Å². The number of carboxylic acids is 1. The topological polar surface area (TPSA) is 55.8 Å². The highest BCUT2D eigenvalue weighted by atomic mass is 16.4. The molecule has 2 atom stereocenters. The number of rotatable bonds is 9. The van der Waals surface area contributed by atoms with Crippen molar-refractivity contribution in [2.45, 2.75) is 64.1 Å². The summed E-state index contributed by atoms with van der Waals surface area (Å²) in [4.78, 5) is 16.2. The number of unbranched alkanes of at least 4 members (excludes halogenated alkanes) is 1. The molecule has 1 aliphatic heterocycles. The van der Waals surface area contributed by atoms with Crippen LogP contribution in [-0.2, 0) is 4.79 Å². The van der Waals surface area contributed by atoms with E-state index in [2.05, 4.69) is 29.2 Å². The van der Waals surface area contributed by atoms with Crippen LogP contribution >= 0.6 is 0 Å². The molecule has 5 heteroatoms. The Labute approximate surface area is 129 Å². The van der Waals surface area contributed by atoms with Crippen LogP contribution in [0.1, 0.15) is 46.5 Å². The third-order valence-corrected chi connectivity index (χ3v) is 4.46. The molecule has 0 amide bonds. The van der Waals surface area contributed by atoms with Crippen LogP contribution < -0.4 is 5.32 Å². The van der Waals surface area contributed by atoms with Gasteiger partial charge in [-0.25, -0.2) is 0 Å². The molecule has 0 spiro atoms. The van der Waals surface area contributed by atoms with Gasteiger partial charge in [-0.3, -0.25) is 10.1 Å². The number of nitrogens with zero attached hydrogens (tertiary/aromatic N) is 2. The van der Waals surface area contributed by atoms with Gasteiger partial charge in [-0.1, -0.05) is 0 Å². The van der Waals surface area contributed by atoms with E-state index in [-0.39, 0.29) is 6.04 Å². The van der Waals surface area contributed by atoms with E-state index in [0.717, 1.165) is 25.9 Å². The molecular formula is C16H33N3O2. The molecule has 0 aromatic heterocycles. The lowest BCUT2D eigenvalue weighted by atomic mass is 9.94. The van der Waals surface area contributed by atoms with Gasteiger partial charge < -0.3 is 14.9 Å². The largest absolute Gasteiger partial charge is 0.480 e. The van der Waals surface area contributed by atoms with E-state index in [1.165, 1.54) is 13.0 Å². The minimum atomic E-state index is -0.800. The average Bonchev–Trinajstić information content (AvgIpc) is 2.82. The first kappa shape index (κ1) is 18.4. The van der Waals surface area contributed by atoms with E-state index < -0.39 is 11.5 Å². The summed E-state index contributed by atoms with van der Waals surface area (Å²) < 4.78 is 0. The second-order valence-electron chi connectivity index (χ2n) is 7.10. The molecule has 2 unspecified atom stereocenters. The Bertz CT molecular complexity index is 333. The number of carbonyl (C=O) groups is 1. The maximum absolute atomic E-state index is 11.4. The zero-order valence-electron chi connectivity index (χ0n) is 14.4. The zero-order valence-corrected chi connectivity index (χ0v) is 14.4. The van der Waals surface area contributed by atoms with Crippen LogP contribution in [0.25, 0.3) is 0 Å². The van der Waals surface area contributed by atoms with Crippen molar-refractivity contribution in [1.29, 1.82) is 0 Å². The van der Waals surface area contributed by atoms with Crippen LogP contribution in [0.5, 0.6) is 0 Å². The molecule has 0 aromatic carbocycles. The Hall–Kier alpha value is -0.650. The lowest BCUT2D eigenvalue weighted by molar-refractivity contribution is -0.144. The first-order valence-electron chi connectivity index (χ1n) is 8.14. The van der Waals surface area contributed by atoms with Crippen LogP contribution in [-0.4, -0.2) is 72.2 Å². The number of aliphatic carboxylic acids is 1. The monoisotopic (exact) mass is 299 g/mol. The summed E-state index contributed by atoms with van der Waals surface area (Å²) in [6, 6.07) is 0.863. The van der Waals surface area contributed by atoms with E-state index in [0.29, 0.717) is 12.5 Å². The summed E-state index contributed by atoms with van der Waals surface area (Å²) in [5.41, 5.74) is -0.800. The first-order valence-corrected chi connectivity index (χ1v) is 8.14. The molecule has 124 valence electrons. The number of carboxylic acid groups (broad SMARTS) is 1. The lowest BCUT2D eigenvalue weighted by Crippen LogP contribution is -2.52. The van der Waals surface area contributed by atoms with Gasteiger partial charge >= 0.3 is 5.97 Å². The molecule has 1 rings (SSSR count). The molecule has 2 N–H and O–H groups in total. The third kappa shape index (κ3) is 5.93. The van der Waals surface area contributed by atoms with Gasteiger partial charge in [0.25, 0.3) is 0 Å². The molecule has 21 heavy (non-hydrogen) atoms. The molecular weight excluding hydrogens is 266 g/mol. The quantitative estimate of drug-likeness (QED) is 0.634. The van der Waals surface area contributed by atoms with Crippen LogP contribution in [0.4, 0.5) is 0 Å². The average molecular weight is 299 g/mol. The molecule has 0 radical (unpaired) electrons. The fourth-order valence-electron chi connectivity index (χ4n) is 3.13. The van der Waals surface area contributed by atoms with E-state index in [4.69, 9.17) is 0 Å². The van der Waals surface area contributed by atoms with Gasteiger partial charge in [-0.05, 0) is 73.6 Å². The predicted octanol–water partition coefficient (Wildman–Crippen LogP) is 1.63. The molecule has 1 heterocycles. The van der Waals surface area contributed by atoms with Crippen molar-refractivity contribution in [2.24, 2.45) is 0 Å². The van der Waals surface area contributed by atoms with Gasteiger partial charge in [-0.15, -0.1) is 0 Å². The third-order valence-electron chi connectivity index (χ3n) is 4.46. The standard InChI is InChI=1S/C16H33N3O2/c1-13(2)17-16(3,15(20)21)9-6-7-10-19-11-8-14(12-19)18(4)5/h13-14,17H,6-12H2,1-5H3,(H,20,21). The van der Waals surface area contributed by atoms with Gasteiger partial charge in [0.1, 0.15) is 5.54 Å². The highest BCUT2D eigenvalue weighted by Crippen LogP contribution is 2.18. The summed E-state index contributed by atoms with van der Waals surface area (Å²) >= 11 is 0. The molecule has 5 nitrogen and oxygen atoms in total.